The molecule has 0 bridgehead atoms. The van der Waals surface area contributed by atoms with Crippen LogP contribution < -0.4 is 0 Å². The summed E-state index contributed by atoms with van der Waals surface area (Å²) < 4.78 is 0. The van der Waals surface area contributed by atoms with Gasteiger partial charge < -0.3 is 0 Å². The Hall–Kier alpha value is -1.89. The number of benzene rings is 2. The predicted molar refractivity (Wildman–Crippen MR) is 66.2 cm³/mol. The number of hydrogen-bond donors (Lipinski definition) is 1. The zero-order valence-corrected chi connectivity index (χ0v) is 9.03. The van der Waals surface area contributed by atoms with Gasteiger partial charge in [0.2, 0.25) is 0 Å². The van der Waals surface area contributed by atoms with Crippen molar-refractivity contribution in [2.75, 3.05) is 0 Å². The summed E-state index contributed by atoms with van der Waals surface area (Å²) in [6.45, 7) is 0. The number of nitrogens with one attached hydrogen (secondary N) is 1. The molecule has 78 valence electrons. The summed E-state index contributed by atoms with van der Waals surface area (Å²) in [4.78, 5) is 0. The van der Waals surface area contributed by atoms with Gasteiger partial charge in [-0.1, -0.05) is 48.5 Å². The monoisotopic (exact) mass is 207 g/mol. The lowest BCUT2D eigenvalue weighted by molar-refractivity contribution is 0.965. The highest BCUT2D eigenvalue weighted by Gasteiger charge is 2.16. The Balaban J connectivity index is 2.22. The second kappa shape index (κ2) is 3.60. The van der Waals surface area contributed by atoms with E-state index in [1.807, 2.05) is 12.1 Å². The van der Waals surface area contributed by atoms with Gasteiger partial charge in [-0.2, -0.15) is 0 Å². The van der Waals surface area contributed by atoms with Crippen LogP contribution in [0.15, 0.2) is 48.5 Å². The molecule has 0 radical (unpaired) electrons. The lowest BCUT2D eigenvalue weighted by Gasteiger charge is -2.07. The highest BCUT2D eigenvalue weighted by atomic mass is 14.4. The maximum atomic E-state index is 8.29. The molecule has 0 atom stereocenters. The summed E-state index contributed by atoms with van der Waals surface area (Å²) in [6, 6.07) is 16.5. The molecule has 0 aromatic heterocycles. The minimum Gasteiger partial charge on any atom is -0.300 e. The van der Waals surface area contributed by atoms with E-state index in [1.54, 1.807) is 0 Å². The molecule has 0 saturated heterocycles. The van der Waals surface area contributed by atoms with Gasteiger partial charge in [0.05, 0.1) is 5.71 Å². The molecule has 3 rings (SSSR count). The minimum atomic E-state index is 0.670. The van der Waals surface area contributed by atoms with Crippen LogP contribution in [0.4, 0.5) is 0 Å². The molecule has 2 aromatic rings. The van der Waals surface area contributed by atoms with Crippen molar-refractivity contribution in [2.45, 2.75) is 12.8 Å². The fourth-order valence-corrected chi connectivity index (χ4v) is 2.38. The summed E-state index contributed by atoms with van der Waals surface area (Å²) in [5, 5.41) is 8.29. The molecule has 1 aliphatic carbocycles. The highest BCUT2D eigenvalue weighted by molar-refractivity contribution is 6.13. The van der Waals surface area contributed by atoms with Crippen LogP contribution in [0, 0.1) is 5.41 Å². The first-order valence-corrected chi connectivity index (χ1v) is 5.61. The molecule has 0 unspecified atom stereocenters. The van der Waals surface area contributed by atoms with E-state index in [1.165, 1.54) is 11.1 Å². The summed E-state index contributed by atoms with van der Waals surface area (Å²) >= 11 is 0. The van der Waals surface area contributed by atoms with Crippen molar-refractivity contribution in [3.63, 3.8) is 0 Å². The molecular weight excluding hydrogens is 194 g/mol. The number of rotatable bonds is 0. The Morgan fingerprint density at radius 1 is 0.688 bits per heavy atom. The molecule has 1 aliphatic rings. The molecule has 0 heterocycles. The Morgan fingerprint density at radius 3 is 1.62 bits per heavy atom. The number of fused-ring (bicyclic) bond motifs is 2. The van der Waals surface area contributed by atoms with Crippen LogP contribution in [0.5, 0.6) is 0 Å². The van der Waals surface area contributed by atoms with Crippen LogP contribution in [-0.2, 0) is 12.8 Å². The normalized spacial score (nSPS) is 13.9. The number of aryl methyl sites for hydroxylation is 2. The van der Waals surface area contributed by atoms with Crippen molar-refractivity contribution < 1.29 is 0 Å². The molecule has 1 N–H and O–H groups in total. The third-order valence-corrected chi connectivity index (χ3v) is 3.24. The fraction of sp³-hybridized carbons (Fsp3) is 0.133. The van der Waals surface area contributed by atoms with E-state index < -0.39 is 0 Å². The van der Waals surface area contributed by atoms with Crippen molar-refractivity contribution in [3.05, 3.63) is 70.8 Å². The van der Waals surface area contributed by atoms with Crippen LogP contribution >= 0.6 is 0 Å². The van der Waals surface area contributed by atoms with Gasteiger partial charge in [-0.3, -0.25) is 5.41 Å². The summed E-state index contributed by atoms with van der Waals surface area (Å²) in [6.07, 6.45) is 2.07. The van der Waals surface area contributed by atoms with E-state index >= 15 is 0 Å². The van der Waals surface area contributed by atoms with Crippen molar-refractivity contribution in [2.24, 2.45) is 0 Å². The van der Waals surface area contributed by atoms with Gasteiger partial charge in [0.15, 0.2) is 0 Å². The molecule has 2 aromatic carbocycles. The molecule has 0 spiro atoms. The third-order valence-electron chi connectivity index (χ3n) is 3.24. The molecular formula is C15H13N. The van der Waals surface area contributed by atoms with E-state index in [0.29, 0.717) is 5.71 Å². The second-order valence-corrected chi connectivity index (χ2v) is 4.19. The smallest absolute Gasteiger partial charge is 0.0690 e. The van der Waals surface area contributed by atoms with Gasteiger partial charge >= 0.3 is 0 Å². The van der Waals surface area contributed by atoms with Crippen molar-refractivity contribution in [3.8, 4) is 0 Å². The minimum absolute atomic E-state index is 0.670. The summed E-state index contributed by atoms with van der Waals surface area (Å²) in [5.74, 6) is 0. The van der Waals surface area contributed by atoms with Crippen LogP contribution in [0.25, 0.3) is 0 Å². The number of hydrogen-bond acceptors (Lipinski definition) is 1. The van der Waals surface area contributed by atoms with E-state index in [0.717, 1.165) is 24.0 Å². The zero-order valence-electron chi connectivity index (χ0n) is 9.03. The van der Waals surface area contributed by atoms with E-state index in [-0.39, 0.29) is 0 Å². The summed E-state index contributed by atoms with van der Waals surface area (Å²) in [5.41, 5.74) is 5.44. The van der Waals surface area contributed by atoms with Crippen LogP contribution in [-0.4, -0.2) is 5.71 Å². The topological polar surface area (TPSA) is 23.9 Å². The predicted octanol–water partition coefficient (Wildman–Crippen LogP) is 3.20. The maximum absolute atomic E-state index is 8.29. The standard InChI is InChI=1S/C15H13N/c16-15-13-7-3-1-5-11(13)9-10-12-6-2-4-8-14(12)15/h1-8,16H,9-10H2. The highest BCUT2D eigenvalue weighted by Crippen LogP contribution is 2.23. The average molecular weight is 207 g/mol. The lowest BCUT2D eigenvalue weighted by Crippen LogP contribution is -2.03. The van der Waals surface area contributed by atoms with E-state index in [2.05, 4.69) is 36.4 Å². The zero-order chi connectivity index (χ0) is 11.0. The Kier molecular flexibility index (Phi) is 2.10. The molecule has 1 nitrogen and oxygen atoms in total. The van der Waals surface area contributed by atoms with E-state index in [4.69, 9.17) is 5.41 Å². The van der Waals surface area contributed by atoms with Gasteiger partial charge in [0, 0.05) is 11.1 Å². The Bertz CT molecular complexity index is 505. The van der Waals surface area contributed by atoms with Gasteiger partial charge in [-0.15, -0.1) is 0 Å². The summed E-state index contributed by atoms with van der Waals surface area (Å²) in [7, 11) is 0. The molecule has 0 saturated carbocycles. The van der Waals surface area contributed by atoms with Crippen molar-refractivity contribution in [1.82, 2.24) is 0 Å². The third kappa shape index (κ3) is 1.36. The molecule has 0 amide bonds. The molecule has 16 heavy (non-hydrogen) atoms. The van der Waals surface area contributed by atoms with Crippen LogP contribution in [0.1, 0.15) is 22.3 Å². The van der Waals surface area contributed by atoms with Gasteiger partial charge in [-0.05, 0) is 24.0 Å². The lowest BCUT2D eigenvalue weighted by atomic mass is 9.98. The van der Waals surface area contributed by atoms with Crippen LogP contribution in [0.2, 0.25) is 0 Å². The first-order chi connectivity index (χ1) is 7.86. The Morgan fingerprint density at radius 2 is 1.12 bits per heavy atom. The second-order valence-electron chi connectivity index (χ2n) is 4.19. The maximum Gasteiger partial charge on any atom is 0.0690 e. The molecule has 0 aliphatic heterocycles. The fourth-order valence-electron chi connectivity index (χ4n) is 2.38. The quantitative estimate of drug-likeness (QED) is 0.686. The van der Waals surface area contributed by atoms with Gasteiger partial charge in [0.25, 0.3) is 0 Å². The van der Waals surface area contributed by atoms with Crippen LogP contribution in [0.3, 0.4) is 0 Å². The molecule has 1 heteroatoms. The van der Waals surface area contributed by atoms with E-state index in [9.17, 15) is 0 Å². The van der Waals surface area contributed by atoms with Crippen molar-refractivity contribution in [1.29, 1.82) is 5.41 Å². The van der Waals surface area contributed by atoms with Gasteiger partial charge in [-0.25, -0.2) is 0 Å². The SMILES string of the molecule is N=C1c2ccccc2CCc2ccccc21. The largest absolute Gasteiger partial charge is 0.300 e. The Labute approximate surface area is 95.3 Å². The molecule has 0 fully saturated rings. The average Bonchev–Trinajstić information content (AvgIpc) is 2.49. The van der Waals surface area contributed by atoms with Gasteiger partial charge in [0.1, 0.15) is 0 Å². The first kappa shape index (κ1) is 9.34. The first-order valence-electron chi connectivity index (χ1n) is 5.61. The van der Waals surface area contributed by atoms with Crippen molar-refractivity contribution >= 4 is 5.71 Å².